The highest BCUT2D eigenvalue weighted by atomic mass is 16.5. The lowest BCUT2D eigenvalue weighted by Gasteiger charge is -2.02. The molecule has 0 amide bonds. The van der Waals surface area contributed by atoms with E-state index in [9.17, 15) is 4.79 Å². The van der Waals surface area contributed by atoms with Gasteiger partial charge in [0.25, 0.3) is 0 Å². The van der Waals surface area contributed by atoms with Crippen LogP contribution in [0.3, 0.4) is 0 Å². The Morgan fingerprint density at radius 1 is 1.21 bits per heavy atom. The molecule has 19 heavy (non-hydrogen) atoms. The number of fused-ring (bicyclic) bond motifs is 1. The molecule has 0 saturated heterocycles. The van der Waals surface area contributed by atoms with Gasteiger partial charge in [-0.25, -0.2) is 0 Å². The Kier molecular flexibility index (Phi) is 3.31. The fourth-order valence-corrected chi connectivity index (χ4v) is 2.27. The van der Waals surface area contributed by atoms with Crippen LogP contribution in [0.5, 0.6) is 5.88 Å². The lowest BCUT2D eigenvalue weighted by molar-refractivity contribution is 0.0976. The van der Waals surface area contributed by atoms with Crippen molar-refractivity contribution < 1.29 is 9.53 Å². The second-order valence-electron chi connectivity index (χ2n) is 4.75. The van der Waals surface area contributed by atoms with Crippen LogP contribution in [0.4, 0.5) is 0 Å². The fourth-order valence-electron chi connectivity index (χ4n) is 2.27. The summed E-state index contributed by atoms with van der Waals surface area (Å²) in [7, 11) is 0. The van der Waals surface area contributed by atoms with E-state index >= 15 is 0 Å². The molecule has 0 bridgehead atoms. The van der Waals surface area contributed by atoms with Gasteiger partial charge in [-0.3, -0.25) is 9.48 Å². The first kappa shape index (κ1) is 12.0. The lowest BCUT2D eigenvalue weighted by Crippen LogP contribution is -2.06. The molecule has 2 aromatic rings. The summed E-state index contributed by atoms with van der Waals surface area (Å²) in [5.74, 6) is 0.702. The number of carbonyl (C=O) groups excluding carboxylic acids is 1. The van der Waals surface area contributed by atoms with E-state index in [0.717, 1.165) is 24.9 Å². The zero-order chi connectivity index (χ0) is 13.1. The SMILES string of the molecule is O=C1CCCCn2nc(OCc3ccccc3)cc21. The van der Waals surface area contributed by atoms with Crippen LogP contribution in [0.2, 0.25) is 0 Å². The van der Waals surface area contributed by atoms with Gasteiger partial charge < -0.3 is 4.74 Å². The summed E-state index contributed by atoms with van der Waals surface area (Å²) in [6, 6.07) is 11.7. The van der Waals surface area contributed by atoms with Crippen LogP contribution >= 0.6 is 0 Å². The van der Waals surface area contributed by atoms with Crippen molar-refractivity contribution in [3.05, 3.63) is 47.7 Å². The van der Waals surface area contributed by atoms with Crippen LogP contribution in [0.1, 0.15) is 35.3 Å². The van der Waals surface area contributed by atoms with E-state index in [0.29, 0.717) is 24.6 Å². The van der Waals surface area contributed by atoms with Crippen molar-refractivity contribution in [2.75, 3.05) is 0 Å². The average Bonchev–Trinajstić information content (AvgIpc) is 2.78. The lowest BCUT2D eigenvalue weighted by atomic mass is 10.1. The minimum atomic E-state index is 0.166. The molecule has 2 heterocycles. The highest BCUT2D eigenvalue weighted by molar-refractivity contribution is 5.94. The van der Waals surface area contributed by atoms with Gasteiger partial charge in [-0.2, -0.15) is 0 Å². The number of hydrogen-bond donors (Lipinski definition) is 0. The summed E-state index contributed by atoms with van der Waals surface area (Å²) in [6.07, 6.45) is 2.56. The molecule has 1 aliphatic heterocycles. The highest BCUT2D eigenvalue weighted by Crippen LogP contribution is 2.19. The first-order valence-electron chi connectivity index (χ1n) is 6.61. The van der Waals surface area contributed by atoms with Crippen LogP contribution in [0.25, 0.3) is 0 Å². The summed E-state index contributed by atoms with van der Waals surface area (Å²) in [6.45, 7) is 1.28. The van der Waals surface area contributed by atoms with Gasteiger partial charge in [-0.05, 0) is 18.4 Å². The van der Waals surface area contributed by atoms with E-state index in [-0.39, 0.29) is 5.78 Å². The Hall–Kier alpha value is -2.10. The Bertz CT molecular complexity index is 575. The summed E-state index contributed by atoms with van der Waals surface area (Å²) in [5.41, 5.74) is 1.78. The minimum absolute atomic E-state index is 0.166. The zero-order valence-corrected chi connectivity index (χ0v) is 10.7. The molecular weight excluding hydrogens is 240 g/mol. The van der Waals surface area contributed by atoms with Gasteiger partial charge in [0.2, 0.25) is 5.88 Å². The molecule has 0 aliphatic carbocycles. The number of rotatable bonds is 3. The molecule has 1 aliphatic rings. The van der Waals surface area contributed by atoms with E-state index in [4.69, 9.17) is 4.74 Å². The molecule has 0 fully saturated rings. The maximum atomic E-state index is 11.9. The van der Waals surface area contributed by atoms with Gasteiger partial charge in [-0.15, -0.1) is 5.10 Å². The zero-order valence-electron chi connectivity index (χ0n) is 10.7. The third-order valence-corrected chi connectivity index (χ3v) is 3.30. The van der Waals surface area contributed by atoms with E-state index in [1.807, 2.05) is 30.3 Å². The van der Waals surface area contributed by atoms with Crippen LogP contribution in [0, 0.1) is 0 Å². The second kappa shape index (κ2) is 5.26. The van der Waals surface area contributed by atoms with Crippen LogP contribution in [-0.4, -0.2) is 15.6 Å². The molecule has 1 aromatic heterocycles. The Morgan fingerprint density at radius 3 is 2.89 bits per heavy atom. The largest absolute Gasteiger partial charge is 0.472 e. The number of aromatic nitrogens is 2. The molecule has 3 rings (SSSR count). The molecule has 0 unspecified atom stereocenters. The maximum Gasteiger partial charge on any atom is 0.233 e. The minimum Gasteiger partial charge on any atom is -0.472 e. The van der Waals surface area contributed by atoms with E-state index in [2.05, 4.69) is 5.10 Å². The number of aryl methyl sites for hydroxylation is 1. The van der Waals surface area contributed by atoms with Crippen molar-refractivity contribution in [1.82, 2.24) is 9.78 Å². The molecule has 4 heteroatoms. The van der Waals surface area contributed by atoms with Gasteiger partial charge in [0.15, 0.2) is 5.78 Å². The Balaban J connectivity index is 1.73. The summed E-state index contributed by atoms with van der Waals surface area (Å²) >= 11 is 0. The molecule has 98 valence electrons. The van der Waals surface area contributed by atoms with E-state index < -0.39 is 0 Å². The van der Waals surface area contributed by atoms with Gasteiger partial charge in [-0.1, -0.05) is 30.3 Å². The number of hydrogen-bond acceptors (Lipinski definition) is 3. The molecule has 0 N–H and O–H groups in total. The predicted molar refractivity (Wildman–Crippen MR) is 71.2 cm³/mol. The number of carbonyl (C=O) groups is 1. The Labute approximate surface area is 112 Å². The predicted octanol–water partition coefficient (Wildman–Crippen LogP) is 2.83. The van der Waals surface area contributed by atoms with Gasteiger partial charge in [0.05, 0.1) is 0 Å². The van der Waals surface area contributed by atoms with Crippen LogP contribution < -0.4 is 4.74 Å². The van der Waals surface area contributed by atoms with Gasteiger partial charge in [0.1, 0.15) is 12.3 Å². The van der Waals surface area contributed by atoms with Crippen molar-refractivity contribution >= 4 is 5.78 Å². The molecule has 1 aromatic carbocycles. The monoisotopic (exact) mass is 256 g/mol. The van der Waals surface area contributed by atoms with Crippen molar-refractivity contribution in [2.24, 2.45) is 0 Å². The smallest absolute Gasteiger partial charge is 0.233 e. The maximum absolute atomic E-state index is 11.9. The van der Waals surface area contributed by atoms with Crippen LogP contribution in [-0.2, 0) is 13.2 Å². The number of benzene rings is 1. The van der Waals surface area contributed by atoms with E-state index in [1.165, 1.54) is 0 Å². The molecular formula is C15H16N2O2. The highest BCUT2D eigenvalue weighted by Gasteiger charge is 2.18. The second-order valence-corrected chi connectivity index (χ2v) is 4.75. The van der Waals surface area contributed by atoms with Crippen molar-refractivity contribution in [1.29, 1.82) is 0 Å². The number of Topliss-reactive ketones (excluding diaryl/α,β-unsaturated/α-hetero) is 1. The van der Waals surface area contributed by atoms with E-state index in [1.54, 1.807) is 10.7 Å². The van der Waals surface area contributed by atoms with Crippen molar-refractivity contribution in [3.63, 3.8) is 0 Å². The van der Waals surface area contributed by atoms with Crippen LogP contribution in [0.15, 0.2) is 36.4 Å². The van der Waals surface area contributed by atoms with Gasteiger partial charge >= 0.3 is 0 Å². The van der Waals surface area contributed by atoms with Crippen molar-refractivity contribution in [3.8, 4) is 5.88 Å². The first-order chi connectivity index (χ1) is 9.33. The number of ketones is 1. The molecule has 0 atom stereocenters. The summed E-state index contributed by atoms with van der Waals surface area (Å²) in [4.78, 5) is 11.9. The quantitative estimate of drug-likeness (QED) is 0.848. The number of nitrogens with zero attached hydrogens (tertiary/aromatic N) is 2. The standard InChI is InChI=1S/C15H16N2O2/c18-14-8-4-5-9-17-13(14)10-15(16-17)19-11-12-6-2-1-3-7-12/h1-3,6-7,10H,4-5,8-9,11H2. The van der Waals surface area contributed by atoms with Crippen molar-refractivity contribution in [2.45, 2.75) is 32.4 Å². The molecule has 0 radical (unpaired) electrons. The fraction of sp³-hybridized carbons (Fsp3) is 0.333. The normalized spacial score (nSPS) is 14.8. The Morgan fingerprint density at radius 2 is 2.05 bits per heavy atom. The third-order valence-electron chi connectivity index (χ3n) is 3.30. The molecule has 0 spiro atoms. The van der Waals surface area contributed by atoms with Gasteiger partial charge in [0, 0.05) is 19.0 Å². The topological polar surface area (TPSA) is 44.1 Å². The summed E-state index contributed by atoms with van der Waals surface area (Å²) in [5, 5.41) is 4.35. The number of ether oxygens (including phenoxy) is 1. The first-order valence-corrected chi connectivity index (χ1v) is 6.61. The average molecular weight is 256 g/mol. The summed E-state index contributed by atoms with van der Waals surface area (Å²) < 4.78 is 7.42. The molecule has 4 nitrogen and oxygen atoms in total. The third kappa shape index (κ3) is 2.67. The molecule has 0 saturated carbocycles.